The van der Waals surface area contributed by atoms with Crippen LogP contribution in [0.1, 0.15) is 46.6 Å². The van der Waals surface area contributed by atoms with Crippen molar-refractivity contribution in [3.05, 3.63) is 35.9 Å². The molecule has 20 heavy (non-hydrogen) atoms. The molecule has 2 unspecified atom stereocenters. The molecule has 0 aliphatic heterocycles. The summed E-state index contributed by atoms with van der Waals surface area (Å²) in [5.74, 6) is 0.379. The van der Waals surface area contributed by atoms with Crippen molar-refractivity contribution in [2.45, 2.75) is 46.6 Å². The number of hydrogen-bond acceptors (Lipinski definition) is 2. The SMILES string of the molecule is CC(CC(=O)NC(C)(CN)c1ccccc1)C(C)(C)C. The summed E-state index contributed by atoms with van der Waals surface area (Å²) in [5, 5.41) is 3.10. The topological polar surface area (TPSA) is 55.1 Å². The number of rotatable bonds is 5. The van der Waals surface area contributed by atoms with Crippen molar-refractivity contribution in [3.8, 4) is 0 Å². The standard InChI is InChI=1S/C17H28N2O/c1-13(16(2,3)4)11-15(20)19-17(5,12-18)14-9-7-6-8-10-14/h6-10,13H,11-12,18H2,1-5H3,(H,19,20). The van der Waals surface area contributed by atoms with Crippen LogP contribution in [0.25, 0.3) is 0 Å². The Bertz CT molecular complexity index is 436. The molecule has 0 spiro atoms. The molecular formula is C17H28N2O. The molecule has 1 amide bonds. The number of nitrogens with two attached hydrogens (primary N) is 1. The predicted molar refractivity (Wildman–Crippen MR) is 84.2 cm³/mol. The Morgan fingerprint density at radius 3 is 2.20 bits per heavy atom. The zero-order valence-corrected chi connectivity index (χ0v) is 13.4. The van der Waals surface area contributed by atoms with Gasteiger partial charge in [0.05, 0.1) is 5.54 Å². The van der Waals surface area contributed by atoms with E-state index in [0.29, 0.717) is 18.9 Å². The Balaban J connectivity index is 2.77. The van der Waals surface area contributed by atoms with E-state index in [4.69, 9.17) is 5.73 Å². The smallest absolute Gasteiger partial charge is 0.221 e. The van der Waals surface area contributed by atoms with E-state index in [2.05, 4.69) is 33.0 Å². The molecule has 0 aliphatic rings. The molecule has 0 heterocycles. The third-order valence-corrected chi connectivity index (χ3v) is 4.20. The van der Waals surface area contributed by atoms with E-state index in [0.717, 1.165) is 5.56 Å². The molecule has 3 N–H and O–H groups in total. The first-order chi connectivity index (χ1) is 9.19. The molecule has 112 valence electrons. The zero-order valence-electron chi connectivity index (χ0n) is 13.4. The molecule has 3 heteroatoms. The van der Waals surface area contributed by atoms with Crippen LogP contribution in [0.3, 0.4) is 0 Å². The van der Waals surface area contributed by atoms with E-state index < -0.39 is 5.54 Å². The highest BCUT2D eigenvalue weighted by Crippen LogP contribution is 2.28. The number of benzene rings is 1. The summed E-state index contributed by atoms with van der Waals surface area (Å²) < 4.78 is 0. The van der Waals surface area contributed by atoms with Gasteiger partial charge >= 0.3 is 0 Å². The average molecular weight is 276 g/mol. The number of carbonyl (C=O) groups excluding carboxylic acids is 1. The zero-order chi connectivity index (χ0) is 15.4. The van der Waals surface area contributed by atoms with Crippen LogP contribution in [-0.4, -0.2) is 12.5 Å². The Labute approximate surface area is 122 Å². The molecule has 0 radical (unpaired) electrons. The summed E-state index contributed by atoms with van der Waals surface area (Å²) in [4.78, 5) is 12.3. The van der Waals surface area contributed by atoms with E-state index >= 15 is 0 Å². The van der Waals surface area contributed by atoms with E-state index in [1.165, 1.54) is 0 Å². The van der Waals surface area contributed by atoms with Crippen LogP contribution < -0.4 is 11.1 Å². The monoisotopic (exact) mass is 276 g/mol. The van der Waals surface area contributed by atoms with Crippen molar-refractivity contribution in [1.82, 2.24) is 5.32 Å². The van der Waals surface area contributed by atoms with Gasteiger partial charge in [-0.1, -0.05) is 58.0 Å². The van der Waals surface area contributed by atoms with Crippen LogP contribution in [0.15, 0.2) is 30.3 Å². The lowest BCUT2D eigenvalue weighted by Crippen LogP contribution is -2.49. The van der Waals surface area contributed by atoms with Gasteiger partial charge in [-0.05, 0) is 23.8 Å². The number of nitrogens with one attached hydrogen (secondary N) is 1. The molecule has 1 rings (SSSR count). The van der Waals surface area contributed by atoms with E-state index in [1.807, 2.05) is 37.3 Å². The largest absolute Gasteiger partial charge is 0.346 e. The Kier molecular flexibility index (Phi) is 5.35. The third-order valence-electron chi connectivity index (χ3n) is 4.20. The Hall–Kier alpha value is -1.35. The highest BCUT2D eigenvalue weighted by Gasteiger charge is 2.29. The maximum Gasteiger partial charge on any atom is 0.221 e. The van der Waals surface area contributed by atoms with Crippen molar-refractivity contribution >= 4 is 5.91 Å². The number of amides is 1. The van der Waals surface area contributed by atoms with E-state index in [1.54, 1.807) is 0 Å². The van der Waals surface area contributed by atoms with E-state index in [-0.39, 0.29) is 11.3 Å². The second-order valence-electron chi connectivity index (χ2n) is 6.92. The Morgan fingerprint density at radius 1 is 1.20 bits per heavy atom. The second-order valence-corrected chi connectivity index (χ2v) is 6.92. The highest BCUT2D eigenvalue weighted by molar-refractivity contribution is 5.77. The molecule has 0 aromatic heterocycles. The van der Waals surface area contributed by atoms with Gasteiger partial charge in [0, 0.05) is 13.0 Å². The van der Waals surface area contributed by atoms with Crippen LogP contribution in [-0.2, 0) is 10.3 Å². The normalized spacial score (nSPS) is 16.3. The maximum atomic E-state index is 12.3. The van der Waals surface area contributed by atoms with Crippen LogP contribution in [0.5, 0.6) is 0 Å². The van der Waals surface area contributed by atoms with E-state index in [9.17, 15) is 4.79 Å². The molecule has 1 aromatic carbocycles. The van der Waals surface area contributed by atoms with Crippen LogP contribution in [0, 0.1) is 11.3 Å². The predicted octanol–water partition coefficient (Wildman–Crippen LogP) is 3.05. The van der Waals surface area contributed by atoms with Gasteiger partial charge in [0.2, 0.25) is 5.91 Å². The fraction of sp³-hybridized carbons (Fsp3) is 0.588. The van der Waals surface area contributed by atoms with Crippen LogP contribution >= 0.6 is 0 Å². The molecule has 3 nitrogen and oxygen atoms in total. The van der Waals surface area contributed by atoms with Crippen molar-refractivity contribution in [1.29, 1.82) is 0 Å². The first-order valence-electron chi connectivity index (χ1n) is 7.25. The lowest BCUT2D eigenvalue weighted by atomic mass is 9.80. The molecule has 1 aromatic rings. The highest BCUT2D eigenvalue weighted by atomic mass is 16.1. The van der Waals surface area contributed by atoms with Gasteiger partial charge in [0.15, 0.2) is 0 Å². The first kappa shape index (κ1) is 16.7. The van der Waals surface area contributed by atoms with Gasteiger partial charge in [-0.3, -0.25) is 4.79 Å². The van der Waals surface area contributed by atoms with Gasteiger partial charge in [0.25, 0.3) is 0 Å². The number of hydrogen-bond donors (Lipinski definition) is 2. The Morgan fingerprint density at radius 2 is 1.75 bits per heavy atom. The number of carbonyl (C=O) groups is 1. The fourth-order valence-corrected chi connectivity index (χ4v) is 1.99. The van der Waals surface area contributed by atoms with Crippen LogP contribution in [0.4, 0.5) is 0 Å². The average Bonchev–Trinajstić information content (AvgIpc) is 2.38. The quantitative estimate of drug-likeness (QED) is 0.868. The third kappa shape index (κ3) is 4.34. The molecule has 0 saturated carbocycles. The summed E-state index contributed by atoms with van der Waals surface area (Å²) in [6.07, 6.45) is 0.520. The van der Waals surface area contributed by atoms with Gasteiger partial charge in [-0.25, -0.2) is 0 Å². The molecule has 0 saturated heterocycles. The summed E-state index contributed by atoms with van der Waals surface area (Å²) in [7, 11) is 0. The van der Waals surface area contributed by atoms with Gasteiger partial charge in [-0.2, -0.15) is 0 Å². The molecule has 0 aliphatic carbocycles. The van der Waals surface area contributed by atoms with Crippen molar-refractivity contribution in [2.75, 3.05) is 6.54 Å². The lowest BCUT2D eigenvalue weighted by molar-refractivity contribution is -0.124. The molecule has 0 bridgehead atoms. The first-order valence-corrected chi connectivity index (χ1v) is 7.25. The van der Waals surface area contributed by atoms with Crippen molar-refractivity contribution in [2.24, 2.45) is 17.1 Å². The maximum absolute atomic E-state index is 12.3. The minimum Gasteiger partial charge on any atom is -0.346 e. The van der Waals surface area contributed by atoms with Gasteiger partial charge in [-0.15, -0.1) is 0 Å². The summed E-state index contributed by atoms with van der Waals surface area (Å²) in [6, 6.07) is 9.89. The fourth-order valence-electron chi connectivity index (χ4n) is 1.99. The summed E-state index contributed by atoms with van der Waals surface area (Å²) in [6.45, 7) is 10.9. The van der Waals surface area contributed by atoms with Crippen molar-refractivity contribution < 1.29 is 4.79 Å². The minimum absolute atomic E-state index is 0.0595. The van der Waals surface area contributed by atoms with Crippen molar-refractivity contribution in [3.63, 3.8) is 0 Å². The summed E-state index contributed by atoms with van der Waals surface area (Å²) in [5.41, 5.74) is 6.55. The lowest BCUT2D eigenvalue weighted by Gasteiger charge is -2.32. The van der Waals surface area contributed by atoms with Crippen LogP contribution in [0.2, 0.25) is 0 Å². The summed E-state index contributed by atoms with van der Waals surface area (Å²) >= 11 is 0. The minimum atomic E-state index is -0.504. The van der Waals surface area contributed by atoms with Gasteiger partial charge in [0.1, 0.15) is 0 Å². The molecular weight excluding hydrogens is 248 g/mol. The van der Waals surface area contributed by atoms with Gasteiger partial charge < -0.3 is 11.1 Å². The molecule has 0 fully saturated rings. The molecule has 2 atom stereocenters. The second kappa shape index (κ2) is 6.40.